The molecule has 0 radical (unpaired) electrons. The van der Waals surface area contributed by atoms with Crippen LogP contribution in [0.15, 0.2) is 72.8 Å². The van der Waals surface area contributed by atoms with Crippen molar-refractivity contribution in [3.8, 4) is 17.2 Å². The van der Waals surface area contributed by atoms with Crippen LogP contribution in [-0.2, 0) is 4.79 Å². The van der Waals surface area contributed by atoms with Crippen LogP contribution >= 0.6 is 11.6 Å². The quantitative estimate of drug-likeness (QED) is 0.629. The summed E-state index contributed by atoms with van der Waals surface area (Å²) >= 11 is 5.85. The minimum absolute atomic E-state index is 0.0477. The second-order valence-corrected chi connectivity index (χ2v) is 6.12. The number of ether oxygens (including phenoxy) is 2. The summed E-state index contributed by atoms with van der Waals surface area (Å²) in [4.78, 5) is 12.0. The monoisotopic (exact) mass is 367 g/mol. The highest BCUT2D eigenvalue weighted by Crippen LogP contribution is 2.24. The first-order valence-corrected chi connectivity index (χ1v) is 8.50. The van der Waals surface area contributed by atoms with E-state index in [-0.39, 0.29) is 12.5 Å². The van der Waals surface area contributed by atoms with Crippen LogP contribution in [0.4, 0.5) is 5.69 Å². The molecular weight excluding hydrogens is 350 g/mol. The van der Waals surface area contributed by atoms with E-state index in [1.165, 1.54) is 0 Å². The van der Waals surface area contributed by atoms with Gasteiger partial charge in [0.1, 0.15) is 17.2 Å². The lowest BCUT2D eigenvalue weighted by molar-refractivity contribution is -0.118. The Hall–Kier alpha value is -2.98. The molecule has 0 aliphatic rings. The third-order valence-corrected chi connectivity index (χ3v) is 3.89. The van der Waals surface area contributed by atoms with Crippen LogP contribution in [0.25, 0.3) is 0 Å². The molecule has 1 N–H and O–H groups in total. The Labute approximate surface area is 157 Å². The van der Waals surface area contributed by atoms with E-state index in [9.17, 15) is 4.79 Å². The standard InChI is InChI=1S/C21H18ClNO3/c1-15-4-2-3-5-20(15)25-14-21(24)23-17-8-12-19(13-9-17)26-18-10-6-16(22)7-11-18/h2-13H,14H2,1H3,(H,23,24). The molecule has 0 unspecified atom stereocenters. The summed E-state index contributed by atoms with van der Waals surface area (Å²) < 4.78 is 11.3. The molecule has 3 aromatic rings. The number of para-hydroxylation sites is 1. The fourth-order valence-corrected chi connectivity index (χ4v) is 2.43. The lowest BCUT2D eigenvalue weighted by Gasteiger charge is -2.10. The normalized spacial score (nSPS) is 10.2. The first-order chi connectivity index (χ1) is 12.6. The smallest absolute Gasteiger partial charge is 0.262 e. The van der Waals surface area contributed by atoms with Gasteiger partial charge in [-0.25, -0.2) is 0 Å². The zero-order valence-corrected chi connectivity index (χ0v) is 15.0. The first-order valence-electron chi connectivity index (χ1n) is 8.12. The van der Waals surface area contributed by atoms with Gasteiger partial charge in [0.25, 0.3) is 5.91 Å². The van der Waals surface area contributed by atoms with Gasteiger partial charge in [0.2, 0.25) is 0 Å². The number of carbonyl (C=O) groups excluding carboxylic acids is 1. The maximum absolute atomic E-state index is 12.0. The van der Waals surface area contributed by atoms with Gasteiger partial charge in [-0.15, -0.1) is 0 Å². The van der Waals surface area contributed by atoms with E-state index in [2.05, 4.69) is 5.32 Å². The van der Waals surface area contributed by atoms with Crippen LogP contribution in [0.2, 0.25) is 5.02 Å². The largest absolute Gasteiger partial charge is 0.483 e. The molecule has 3 rings (SSSR count). The first kappa shape index (κ1) is 17.8. The van der Waals surface area contributed by atoms with E-state index in [4.69, 9.17) is 21.1 Å². The van der Waals surface area contributed by atoms with Crippen molar-refractivity contribution in [2.75, 3.05) is 11.9 Å². The van der Waals surface area contributed by atoms with Crippen LogP contribution in [0.3, 0.4) is 0 Å². The number of anilines is 1. The zero-order chi connectivity index (χ0) is 18.4. The minimum Gasteiger partial charge on any atom is -0.483 e. The SMILES string of the molecule is Cc1ccccc1OCC(=O)Nc1ccc(Oc2ccc(Cl)cc2)cc1. The minimum atomic E-state index is -0.223. The van der Waals surface area contributed by atoms with Crippen LogP contribution in [0.5, 0.6) is 17.2 Å². The van der Waals surface area contributed by atoms with Crippen LogP contribution < -0.4 is 14.8 Å². The molecule has 0 heterocycles. The molecule has 132 valence electrons. The highest BCUT2D eigenvalue weighted by Gasteiger charge is 2.06. The van der Waals surface area contributed by atoms with Crippen molar-refractivity contribution >= 4 is 23.2 Å². The fraction of sp³-hybridized carbons (Fsp3) is 0.0952. The van der Waals surface area contributed by atoms with E-state index in [0.29, 0.717) is 28.0 Å². The Morgan fingerprint density at radius 2 is 1.54 bits per heavy atom. The van der Waals surface area contributed by atoms with Crippen molar-refractivity contribution in [2.24, 2.45) is 0 Å². The second kappa shape index (κ2) is 8.41. The molecule has 0 aliphatic carbocycles. The summed E-state index contributed by atoms with van der Waals surface area (Å²) in [5.74, 6) is 1.84. The molecule has 0 saturated carbocycles. The van der Waals surface area contributed by atoms with Crippen molar-refractivity contribution in [3.63, 3.8) is 0 Å². The molecule has 3 aromatic carbocycles. The molecule has 0 spiro atoms. The molecule has 0 aromatic heterocycles. The van der Waals surface area contributed by atoms with Crippen LogP contribution in [0, 0.1) is 6.92 Å². The van der Waals surface area contributed by atoms with Gasteiger partial charge < -0.3 is 14.8 Å². The topological polar surface area (TPSA) is 47.6 Å². The number of halogens is 1. The van der Waals surface area contributed by atoms with E-state index in [1.54, 1.807) is 48.5 Å². The molecule has 0 saturated heterocycles. The Morgan fingerprint density at radius 1 is 0.923 bits per heavy atom. The van der Waals surface area contributed by atoms with Gasteiger partial charge in [0.15, 0.2) is 6.61 Å². The molecule has 0 bridgehead atoms. The van der Waals surface area contributed by atoms with Gasteiger partial charge in [-0.3, -0.25) is 4.79 Å². The zero-order valence-electron chi connectivity index (χ0n) is 14.2. The summed E-state index contributed by atoms with van der Waals surface area (Å²) in [5.41, 5.74) is 1.66. The number of hydrogen-bond acceptors (Lipinski definition) is 3. The number of nitrogens with one attached hydrogen (secondary N) is 1. The lowest BCUT2D eigenvalue weighted by atomic mass is 10.2. The molecule has 0 atom stereocenters. The van der Waals surface area contributed by atoms with Gasteiger partial charge in [-0.2, -0.15) is 0 Å². The van der Waals surface area contributed by atoms with Gasteiger partial charge in [-0.1, -0.05) is 29.8 Å². The maximum atomic E-state index is 12.0. The number of benzene rings is 3. The Kier molecular flexibility index (Phi) is 5.77. The highest BCUT2D eigenvalue weighted by atomic mass is 35.5. The van der Waals surface area contributed by atoms with Crippen molar-refractivity contribution in [2.45, 2.75) is 6.92 Å². The van der Waals surface area contributed by atoms with Crippen LogP contribution in [0.1, 0.15) is 5.56 Å². The van der Waals surface area contributed by atoms with Gasteiger partial charge in [-0.05, 0) is 67.1 Å². The summed E-state index contributed by atoms with van der Waals surface area (Å²) in [6.45, 7) is 1.89. The summed E-state index contributed by atoms with van der Waals surface area (Å²) in [6, 6.07) is 21.8. The van der Waals surface area contributed by atoms with E-state index in [0.717, 1.165) is 5.56 Å². The number of rotatable bonds is 6. The van der Waals surface area contributed by atoms with Crippen molar-refractivity contribution in [3.05, 3.63) is 83.4 Å². The Bertz CT molecular complexity index is 877. The molecular formula is C21H18ClNO3. The average molecular weight is 368 g/mol. The maximum Gasteiger partial charge on any atom is 0.262 e. The average Bonchev–Trinajstić information content (AvgIpc) is 2.64. The summed E-state index contributed by atoms with van der Waals surface area (Å²) in [5, 5.41) is 3.45. The number of hydrogen-bond donors (Lipinski definition) is 1. The molecule has 26 heavy (non-hydrogen) atoms. The van der Waals surface area contributed by atoms with Crippen LogP contribution in [-0.4, -0.2) is 12.5 Å². The lowest BCUT2D eigenvalue weighted by Crippen LogP contribution is -2.20. The Morgan fingerprint density at radius 3 is 2.19 bits per heavy atom. The molecule has 0 fully saturated rings. The number of aryl methyl sites for hydroxylation is 1. The van der Waals surface area contributed by atoms with E-state index in [1.807, 2.05) is 31.2 Å². The third-order valence-electron chi connectivity index (χ3n) is 3.64. The predicted molar refractivity (Wildman–Crippen MR) is 103 cm³/mol. The molecule has 1 amide bonds. The van der Waals surface area contributed by atoms with Gasteiger partial charge in [0, 0.05) is 10.7 Å². The van der Waals surface area contributed by atoms with Gasteiger partial charge >= 0.3 is 0 Å². The highest BCUT2D eigenvalue weighted by molar-refractivity contribution is 6.30. The second-order valence-electron chi connectivity index (χ2n) is 5.68. The molecule has 0 aliphatic heterocycles. The number of amides is 1. The van der Waals surface area contributed by atoms with Gasteiger partial charge in [0.05, 0.1) is 0 Å². The van der Waals surface area contributed by atoms with E-state index >= 15 is 0 Å². The van der Waals surface area contributed by atoms with Crippen molar-refractivity contribution in [1.82, 2.24) is 0 Å². The third kappa shape index (κ3) is 5.01. The summed E-state index contributed by atoms with van der Waals surface area (Å²) in [6.07, 6.45) is 0. The fourth-order valence-electron chi connectivity index (χ4n) is 2.30. The molecule has 5 heteroatoms. The summed E-state index contributed by atoms with van der Waals surface area (Å²) in [7, 11) is 0. The Balaban J connectivity index is 1.52. The number of carbonyl (C=O) groups is 1. The molecule has 4 nitrogen and oxygen atoms in total. The van der Waals surface area contributed by atoms with Crippen molar-refractivity contribution < 1.29 is 14.3 Å². The van der Waals surface area contributed by atoms with E-state index < -0.39 is 0 Å². The predicted octanol–water partition coefficient (Wildman–Crippen LogP) is 5.46. The van der Waals surface area contributed by atoms with Crippen molar-refractivity contribution in [1.29, 1.82) is 0 Å².